The van der Waals surface area contributed by atoms with Crippen LogP contribution in [0.15, 0.2) is 48.5 Å². The monoisotopic (exact) mass is 438 g/mol. The van der Waals surface area contributed by atoms with Gasteiger partial charge in [0.05, 0.1) is 11.1 Å². The number of benzene rings is 2. The van der Waals surface area contributed by atoms with Crippen molar-refractivity contribution in [2.45, 2.75) is 64.4 Å². The van der Waals surface area contributed by atoms with Crippen molar-refractivity contribution < 1.29 is 23.5 Å². The first-order valence-corrected chi connectivity index (χ1v) is 11.8. The third kappa shape index (κ3) is 5.37. The highest BCUT2D eigenvalue weighted by Crippen LogP contribution is 2.44. The Kier molecular flexibility index (Phi) is 7.23. The lowest BCUT2D eigenvalue weighted by Crippen LogP contribution is -2.35. The van der Waals surface area contributed by atoms with Crippen molar-refractivity contribution in [2.24, 2.45) is 17.8 Å². The van der Waals surface area contributed by atoms with Crippen LogP contribution in [0.25, 0.3) is 0 Å². The maximum atomic E-state index is 13.7. The van der Waals surface area contributed by atoms with E-state index >= 15 is 0 Å². The van der Waals surface area contributed by atoms with Gasteiger partial charge in [-0.05, 0) is 86.3 Å². The van der Waals surface area contributed by atoms with Gasteiger partial charge in [0.1, 0.15) is 17.7 Å². The number of carbonyl (C=O) groups is 2. The summed E-state index contributed by atoms with van der Waals surface area (Å²) < 4.78 is 24.8. The molecule has 4 atom stereocenters. The van der Waals surface area contributed by atoms with E-state index in [1.54, 1.807) is 18.2 Å². The molecule has 0 bridgehead atoms. The van der Waals surface area contributed by atoms with Crippen molar-refractivity contribution in [3.8, 4) is 5.75 Å². The predicted octanol–water partition coefficient (Wildman–Crippen LogP) is 6.59. The Hall–Kier alpha value is -2.69. The fourth-order valence-corrected chi connectivity index (χ4v) is 5.39. The molecule has 2 saturated carbocycles. The Morgan fingerprint density at radius 3 is 2.38 bits per heavy atom. The summed E-state index contributed by atoms with van der Waals surface area (Å²) in [6.07, 6.45) is 9.53. The molecule has 2 aromatic carbocycles. The van der Waals surface area contributed by atoms with Gasteiger partial charge in [-0.25, -0.2) is 14.0 Å². The van der Waals surface area contributed by atoms with E-state index < -0.39 is 11.8 Å². The molecule has 0 aliphatic heterocycles. The summed E-state index contributed by atoms with van der Waals surface area (Å²) in [5.41, 5.74) is 0.291. The van der Waals surface area contributed by atoms with Crippen LogP contribution in [0.3, 0.4) is 0 Å². The highest BCUT2D eigenvalue weighted by Gasteiger charge is 2.36. The topological polar surface area (TPSA) is 52.6 Å². The molecule has 5 heteroatoms. The average molecular weight is 439 g/mol. The van der Waals surface area contributed by atoms with Crippen LogP contribution in [-0.4, -0.2) is 18.0 Å². The average Bonchev–Trinajstić information content (AvgIpc) is 2.80. The Labute approximate surface area is 189 Å². The second-order valence-corrected chi connectivity index (χ2v) is 9.22. The van der Waals surface area contributed by atoms with Crippen LogP contribution in [0.4, 0.5) is 4.39 Å². The number of fused-ring (bicyclic) bond motifs is 1. The van der Waals surface area contributed by atoms with Gasteiger partial charge in [-0.3, -0.25) is 0 Å². The van der Waals surface area contributed by atoms with Crippen LogP contribution >= 0.6 is 0 Å². The maximum Gasteiger partial charge on any atom is 0.346 e. The van der Waals surface area contributed by atoms with Gasteiger partial charge >= 0.3 is 11.9 Å². The first-order chi connectivity index (χ1) is 15.5. The van der Waals surface area contributed by atoms with Crippen molar-refractivity contribution in [2.75, 3.05) is 0 Å². The standard InChI is InChI=1S/C27H31FO4/c1-2-5-18-8-9-21-17-23(15-12-20(21)16-18)32-26(29)19-10-13-22(14-11-19)31-27(30)24-6-3-4-7-25(24)28/h3-4,6-7,10-11,13-14,18,20-21,23H,2,5,8-9,12,15-17H2,1H3/t18-,20-,21-,23-/m1/s1. The zero-order valence-electron chi connectivity index (χ0n) is 18.6. The number of ether oxygens (including phenoxy) is 2. The number of hydrogen-bond acceptors (Lipinski definition) is 4. The molecule has 2 aromatic rings. The Balaban J connectivity index is 1.29. The number of halogens is 1. The fraction of sp³-hybridized carbons (Fsp3) is 0.481. The number of hydrogen-bond donors (Lipinski definition) is 0. The first-order valence-electron chi connectivity index (χ1n) is 11.8. The zero-order valence-corrected chi connectivity index (χ0v) is 18.6. The van der Waals surface area contributed by atoms with Crippen LogP contribution in [0.5, 0.6) is 5.75 Å². The summed E-state index contributed by atoms with van der Waals surface area (Å²) in [5.74, 6) is 0.842. The molecule has 4 rings (SSSR count). The summed E-state index contributed by atoms with van der Waals surface area (Å²) in [4.78, 5) is 24.8. The summed E-state index contributed by atoms with van der Waals surface area (Å²) >= 11 is 0. The predicted molar refractivity (Wildman–Crippen MR) is 120 cm³/mol. The summed E-state index contributed by atoms with van der Waals surface area (Å²) in [7, 11) is 0. The SMILES string of the molecule is CCC[C@@H]1CC[C@@H]2C[C@H](OC(=O)c3ccc(OC(=O)c4ccccc4F)cc3)CC[C@@H]2C1. The maximum absolute atomic E-state index is 13.7. The van der Waals surface area contributed by atoms with Gasteiger partial charge < -0.3 is 9.47 Å². The Bertz CT molecular complexity index is 939. The van der Waals surface area contributed by atoms with Crippen molar-refractivity contribution >= 4 is 11.9 Å². The minimum atomic E-state index is -0.774. The van der Waals surface area contributed by atoms with Crippen LogP contribution in [0.1, 0.15) is 79.0 Å². The molecular weight excluding hydrogens is 407 g/mol. The van der Waals surface area contributed by atoms with E-state index in [0.29, 0.717) is 11.5 Å². The van der Waals surface area contributed by atoms with Gasteiger partial charge in [-0.2, -0.15) is 0 Å². The largest absolute Gasteiger partial charge is 0.459 e. The van der Waals surface area contributed by atoms with E-state index in [9.17, 15) is 14.0 Å². The third-order valence-corrected chi connectivity index (χ3v) is 7.04. The first kappa shape index (κ1) is 22.5. The van der Waals surface area contributed by atoms with E-state index in [1.165, 1.54) is 62.4 Å². The summed E-state index contributed by atoms with van der Waals surface area (Å²) in [6.45, 7) is 2.27. The molecule has 0 spiro atoms. The molecule has 4 nitrogen and oxygen atoms in total. The molecular formula is C27H31FO4. The number of rotatable bonds is 6. The molecule has 0 saturated heterocycles. The quantitative estimate of drug-likeness (QED) is 0.377. The second-order valence-electron chi connectivity index (χ2n) is 9.22. The van der Waals surface area contributed by atoms with Crippen LogP contribution in [0.2, 0.25) is 0 Å². The zero-order chi connectivity index (χ0) is 22.5. The second kappa shape index (κ2) is 10.3. The molecule has 32 heavy (non-hydrogen) atoms. The minimum Gasteiger partial charge on any atom is -0.459 e. The van der Waals surface area contributed by atoms with E-state index in [1.807, 2.05) is 0 Å². The third-order valence-electron chi connectivity index (χ3n) is 7.04. The minimum absolute atomic E-state index is 0.0231. The molecule has 0 radical (unpaired) electrons. The normalized spacial score (nSPS) is 24.9. The van der Waals surface area contributed by atoms with E-state index in [-0.39, 0.29) is 23.4 Å². The van der Waals surface area contributed by atoms with Gasteiger partial charge in [-0.15, -0.1) is 0 Å². The fourth-order valence-electron chi connectivity index (χ4n) is 5.39. The smallest absolute Gasteiger partial charge is 0.346 e. The molecule has 0 N–H and O–H groups in total. The van der Waals surface area contributed by atoms with Gasteiger partial charge in [0.25, 0.3) is 0 Å². The number of carbonyl (C=O) groups excluding carboxylic acids is 2. The molecule has 170 valence electrons. The summed E-state index contributed by atoms with van der Waals surface area (Å²) in [6, 6.07) is 11.9. The van der Waals surface area contributed by atoms with Crippen molar-refractivity contribution in [1.29, 1.82) is 0 Å². The molecule has 0 aromatic heterocycles. The van der Waals surface area contributed by atoms with Crippen molar-refractivity contribution in [3.63, 3.8) is 0 Å². The van der Waals surface area contributed by atoms with E-state index in [4.69, 9.17) is 9.47 Å². The molecule has 2 aliphatic rings. The lowest BCUT2D eigenvalue weighted by molar-refractivity contribution is -0.00620. The van der Waals surface area contributed by atoms with E-state index in [0.717, 1.165) is 31.1 Å². The molecule has 0 heterocycles. The highest BCUT2D eigenvalue weighted by atomic mass is 19.1. The van der Waals surface area contributed by atoms with Gasteiger partial charge in [-0.1, -0.05) is 38.3 Å². The molecule has 2 fully saturated rings. The molecule has 2 aliphatic carbocycles. The van der Waals surface area contributed by atoms with Gasteiger partial charge in [0, 0.05) is 0 Å². The number of esters is 2. The van der Waals surface area contributed by atoms with Crippen LogP contribution < -0.4 is 4.74 Å². The molecule has 0 amide bonds. The lowest BCUT2D eigenvalue weighted by atomic mass is 9.66. The Morgan fingerprint density at radius 2 is 1.62 bits per heavy atom. The summed E-state index contributed by atoms with van der Waals surface area (Å²) in [5, 5.41) is 0. The highest BCUT2D eigenvalue weighted by molar-refractivity contribution is 5.92. The van der Waals surface area contributed by atoms with Crippen LogP contribution in [-0.2, 0) is 4.74 Å². The van der Waals surface area contributed by atoms with Crippen molar-refractivity contribution in [1.82, 2.24) is 0 Å². The molecule has 0 unspecified atom stereocenters. The van der Waals surface area contributed by atoms with Gasteiger partial charge in [0.15, 0.2) is 0 Å². The van der Waals surface area contributed by atoms with Crippen LogP contribution in [0, 0.1) is 23.6 Å². The van der Waals surface area contributed by atoms with E-state index in [2.05, 4.69) is 6.92 Å². The lowest BCUT2D eigenvalue weighted by Gasteiger charge is -2.41. The Morgan fingerprint density at radius 1 is 0.906 bits per heavy atom. The van der Waals surface area contributed by atoms with Crippen molar-refractivity contribution in [3.05, 3.63) is 65.5 Å². The van der Waals surface area contributed by atoms with Gasteiger partial charge in [0.2, 0.25) is 0 Å².